The van der Waals surface area contributed by atoms with Gasteiger partial charge in [-0.15, -0.1) is 0 Å². The first-order valence-electron chi connectivity index (χ1n) is 5.53. The molecule has 1 aliphatic heterocycles. The van der Waals surface area contributed by atoms with Crippen LogP contribution in [0.3, 0.4) is 0 Å². The van der Waals surface area contributed by atoms with Crippen molar-refractivity contribution in [2.24, 2.45) is 0 Å². The van der Waals surface area contributed by atoms with Crippen LogP contribution in [-0.2, 0) is 0 Å². The summed E-state index contributed by atoms with van der Waals surface area (Å²) in [6.45, 7) is 2.51. The second-order valence-electron chi connectivity index (χ2n) is 3.96. The van der Waals surface area contributed by atoms with Gasteiger partial charge in [0.15, 0.2) is 0 Å². The van der Waals surface area contributed by atoms with Crippen molar-refractivity contribution in [3.05, 3.63) is 38.9 Å². The van der Waals surface area contributed by atoms with Gasteiger partial charge < -0.3 is 10.2 Å². The molecule has 7 heteroatoms. The number of carbonyl (C=O) groups excluding carboxylic acids is 1. The van der Waals surface area contributed by atoms with Crippen molar-refractivity contribution in [2.75, 3.05) is 26.2 Å². The van der Waals surface area contributed by atoms with Crippen LogP contribution in [0.5, 0.6) is 0 Å². The van der Waals surface area contributed by atoms with E-state index in [2.05, 4.69) is 5.32 Å². The van der Waals surface area contributed by atoms with Crippen molar-refractivity contribution in [3.8, 4) is 0 Å². The number of amides is 1. The van der Waals surface area contributed by atoms with E-state index in [1.807, 2.05) is 0 Å². The van der Waals surface area contributed by atoms with Gasteiger partial charge in [-0.25, -0.2) is 0 Å². The average Bonchev–Trinajstić information content (AvgIpc) is 2.39. The zero-order chi connectivity index (χ0) is 13.1. The number of benzene rings is 1. The van der Waals surface area contributed by atoms with Crippen molar-refractivity contribution in [3.63, 3.8) is 0 Å². The Morgan fingerprint density at radius 1 is 1.39 bits per heavy atom. The van der Waals surface area contributed by atoms with E-state index in [-0.39, 0.29) is 22.2 Å². The maximum atomic E-state index is 12.2. The fourth-order valence-corrected chi connectivity index (χ4v) is 2.04. The molecule has 0 aromatic heterocycles. The molecule has 1 saturated heterocycles. The van der Waals surface area contributed by atoms with Crippen molar-refractivity contribution in [1.82, 2.24) is 10.2 Å². The van der Waals surface area contributed by atoms with Gasteiger partial charge >= 0.3 is 0 Å². The monoisotopic (exact) mass is 269 g/mol. The van der Waals surface area contributed by atoms with Crippen molar-refractivity contribution < 1.29 is 9.72 Å². The minimum atomic E-state index is -0.582. The largest absolute Gasteiger partial charge is 0.336 e. The lowest BCUT2D eigenvalue weighted by atomic mass is 10.1. The first-order chi connectivity index (χ1) is 8.59. The SMILES string of the molecule is O=C(c1ccc(Cl)cc1[N+](=O)[O-])N1CCNCC1. The molecule has 0 bridgehead atoms. The second-order valence-corrected chi connectivity index (χ2v) is 4.40. The maximum absolute atomic E-state index is 12.2. The molecule has 0 atom stereocenters. The second kappa shape index (κ2) is 5.32. The summed E-state index contributed by atoms with van der Waals surface area (Å²) in [4.78, 5) is 24.1. The van der Waals surface area contributed by atoms with E-state index in [0.29, 0.717) is 26.2 Å². The van der Waals surface area contributed by atoms with Gasteiger partial charge in [0, 0.05) is 37.3 Å². The molecule has 1 aromatic carbocycles. The number of nitrogens with zero attached hydrogens (tertiary/aromatic N) is 2. The number of nitro groups is 1. The fraction of sp³-hybridized carbons (Fsp3) is 0.364. The number of nitrogens with one attached hydrogen (secondary N) is 1. The molecular formula is C11H12ClN3O3. The van der Waals surface area contributed by atoms with Gasteiger partial charge in [0.1, 0.15) is 5.56 Å². The molecule has 6 nitrogen and oxygen atoms in total. The summed E-state index contributed by atoms with van der Waals surface area (Å²) < 4.78 is 0. The summed E-state index contributed by atoms with van der Waals surface area (Å²) in [5.41, 5.74) is -0.155. The predicted molar refractivity (Wildman–Crippen MR) is 66.9 cm³/mol. The molecule has 18 heavy (non-hydrogen) atoms. The fourth-order valence-electron chi connectivity index (χ4n) is 1.87. The smallest absolute Gasteiger partial charge is 0.283 e. The molecule has 96 valence electrons. The predicted octanol–water partition coefficient (Wildman–Crippen LogP) is 1.29. The highest BCUT2D eigenvalue weighted by Gasteiger charge is 2.25. The van der Waals surface area contributed by atoms with Crippen LogP contribution in [-0.4, -0.2) is 41.9 Å². The van der Waals surface area contributed by atoms with E-state index in [4.69, 9.17) is 11.6 Å². The number of hydrogen-bond acceptors (Lipinski definition) is 4. The Balaban J connectivity index is 2.31. The summed E-state index contributed by atoms with van der Waals surface area (Å²) >= 11 is 5.71. The Morgan fingerprint density at radius 3 is 2.67 bits per heavy atom. The number of piperazine rings is 1. The van der Waals surface area contributed by atoms with Crippen LogP contribution >= 0.6 is 11.6 Å². The summed E-state index contributed by atoms with van der Waals surface area (Å²) in [5, 5.41) is 14.3. The highest BCUT2D eigenvalue weighted by Crippen LogP contribution is 2.24. The third kappa shape index (κ3) is 2.60. The average molecular weight is 270 g/mol. The van der Waals surface area contributed by atoms with Crippen LogP contribution in [0.4, 0.5) is 5.69 Å². The Labute approximate surface area is 109 Å². The standard InChI is InChI=1S/C11H12ClN3O3/c12-8-1-2-9(10(7-8)15(17)18)11(16)14-5-3-13-4-6-14/h1-2,7,13H,3-6H2. The minimum Gasteiger partial charge on any atom is -0.336 e. The first kappa shape index (κ1) is 12.8. The van der Waals surface area contributed by atoms with Crippen LogP contribution in [0.1, 0.15) is 10.4 Å². The summed E-state index contributed by atoms with van der Waals surface area (Å²) in [6.07, 6.45) is 0. The Morgan fingerprint density at radius 2 is 2.06 bits per heavy atom. The lowest BCUT2D eigenvalue weighted by molar-refractivity contribution is -0.385. The normalized spacial score (nSPS) is 15.5. The van der Waals surface area contributed by atoms with E-state index >= 15 is 0 Å². The Bertz CT molecular complexity index is 486. The van der Waals surface area contributed by atoms with Crippen LogP contribution in [0.2, 0.25) is 5.02 Å². The van der Waals surface area contributed by atoms with E-state index in [9.17, 15) is 14.9 Å². The molecule has 1 amide bonds. The highest BCUT2D eigenvalue weighted by atomic mass is 35.5. The van der Waals surface area contributed by atoms with Crippen LogP contribution in [0.25, 0.3) is 0 Å². The molecular weight excluding hydrogens is 258 g/mol. The van der Waals surface area contributed by atoms with Crippen LogP contribution in [0.15, 0.2) is 18.2 Å². The van der Waals surface area contributed by atoms with Crippen molar-refractivity contribution >= 4 is 23.2 Å². The maximum Gasteiger partial charge on any atom is 0.283 e. The van der Waals surface area contributed by atoms with E-state index < -0.39 is 4.92 Å². The number of carbonyl (C=O) groups is 1. The third-order valence-corrected chi connectivity index (χ3v) is 3.03. The molecule has 1 heterocycles. The first-order valence-corrected chi connectivity index (χ1v) is 5.91. The zero-order valence-corrected chi connectivity index (χ0v) is 10.3. The Hall–Kier alpha value is -1.66. The topological polar surface area (TPSA) is 75.5 Å². The van der Waals surface area contributed by atoms with Gasteiger partial charge in [-0.2, -0.15) is 0 Å². The molecule has 0 aliphatic carbocycles. The zero-order valence-electron chi connectivity index (χ0n) is 9.56. The van der Waals surface area contributed by atoms with Crippen molar-refractivity contribution in [1.29, 1.82) is 0 Å². The molecule has 1 fully saturated rings. The number of hydrogen-bond donors (Lipinski definition) is 1. The van der Waals surface area contributed by atoms with E-state index in [0.717, 1.165) is 0 Å². The highest BCUT2D eigenvalue weighted by molar-refractivity contribution is 6.31. The molecule has 2 rings (SSSR count). The summed E-state index contributed by atoms with van der Waals surface area (Å²) in [6, 6.07) is 4.10. The number of nitro benzene ring substituents is 1. The van der Waals surface area contributed by atoms with E-state index in [1.54, 1.807) is 4.90 Å². The lowest BCUT2D eigenvalue weighted by Crippen LogP contribution is -2.46. The molecule has 1 aliphatic rings. The molecule has 0 spiro atoms. The molecule has 1 N–H and O–H groups in total. The molecule has 0 radical (unpaired) electrons. The lowest BCUT2D eigenvalue weighted by Gasteiger charge is -2.27. The van der Waals surface area contributed by atoms with Gasteiger partial charge in [-0.3, -0.25) is 14.9 Å². The molecule has 1 aromatic rings. The van der Waals surface area contributed by atoms with Gasteiger partial charge in [-0.05, 0) is 12.1 Å². The van der Waals surface area contributed by atoms with Crippen LogP contribution < -0.4 is 5.32 Å². The van der Waals surface area contributed by atoms with Gasteiger partial charge in [0.05, 0.1) is 4.92 Å². The molecule has 0 unspecified atom stereocenters. The summed E-state index contributed by atoms with van der Waals surface area (Å²) in [5.74, 6) is -0.320. The number of rotatable bonds is 2. The van der Waals surface area contributed by atoms with Crippen LogP contribution in [0, 0.1) is 10.1 Å². The molecule has 0 saturated carbocycles. The third-order valence-electron chi connectivity index (χ3n) is 2.79. The van der Waals surface area contributed by atoms with E-state index in [1.165, 1.54) is 18.2 Å². The Kier molecular flexibility index (Phi) is 3.78. The van der Waals surface area contributed by atoms with Gasteiger partial charge in [0.25, 0.3) is 11.6 Å². The minimum absolute atomic E-state index is 0.0892. The number of halogens is 1. The van der Waals surface area contributed by atoms with Crippen molar-refractivity contribution in [2.45, 2.75) is 0 Å². The summed E-state index contributed by atoms with van der Waals surface area (Å²) in [7, 11) is 0. The quantitative estimate of drug-likeness (QED) is 0.648. The van der Waals surface area contributed by atoms with Gasteiger partial charge in [-0.1, -0.05) is 11.6 Å². The van der Waals surface area contributed by atoms with Gasteiger partial charge in [0.2, 0.25) is 0 Å².